The van der Waals surface area contributed by atoms with Gasteiger partial charge in [-0.1, -0.05) is 42.5 Å². The SMILES string of the molecule is COc1cccc(C)c1N=C(c1ccccc1)n1ccc(C)n1. The van der Waals surface area contributed by atoms with E-state index in [-0.39, 0.29) is 0 Å². The van der Waals surface area contributed by atoms with Gasteiger partial charge in [0.2, 0.25) is 0 Å². The molecule has 3 aromatic rings. The molecule has 2 aromatic carbocycles. The van der Waals surface area contributed by atoms with Gasteiger partial charge in [-0.2, -0.15) is 5.10 Å². The van der Waals surface area contributed by atoms with Crippen LogP contribution in [-0.2, 0) is 0 Å². The molecule has 0 aliphatic rings. The Balaban J connectivity index is 2.20. The fourth-order valence-corrected chi connectivity index (χ4v) is 2.41. The van der Waals surface area contributed by atoms with Gasteiger partial charge in [-0.3, -0.25) is 0 Å². The van der Waals surface area contributed by atoms with Gasteiger partial charge < -0.3 is 4.74 Å². The van der Waals surface area contributed by atoms with Crippen molar-refractivity contribution in [3.8, 4) is 5.75 Å². The number of aryl methyl sites for hydroxylation is 2. The second kappa shape index (κ2) is 6.48. The molecule has 0 aliphatic heterocycles. The highest BCUT2D eigenvalue weighted by molar-refractivity contribution is 6.01. The molecular weight excluding hydrogens is 286 g/mol. The topological polar surface area (TPSA) is 39.4 Å². The molecule has 1 aromatic heterocycles. The molecule has 0 unspecified atom stereocenters. The normalized spacial score (nSPS) is 11.5. The third-order valence-electron chi connectivity index (χ3n) is 3.61. The van der Waals surface area contributed by atoms with Crippen molar-refractivity contribution in [2.75, 3.05) is 7.11 Å². The van der Waals surface area contributed by atoms with E-state index in [1.807, 2.05) is 74.6 Å². The van der Waals surface area contributed by atoms with E-state index in [0.29, 0.717) is 0 Å². The molecule has 4 nitrogen and oxygen atoms in total. The second-order valence-corrected chi connectivity index (χ2v) is 5.33. The number of methoxy groups -OCH3 is 1. The molecule has 4 heteroatoms. The zero-order valence-corrected chi connectivity index (χ0v) is 13.5. The lowest BCUT2D eigenvalue weighted by Gasteiger charge is -2.11. The molecule has 0 saturated heterocycles. The lowest BCUT2D eigenvalue weighted by molar-refractivity contribution is 0.416. The number of aromatic nitrogens is 2. The highest BCUT2D eigenvalue weighted by atomic mass is 16.5. The number of nitrogens with zero attached hydrogens (tertiary/aromatic N) is 3. The summed E-state index contributed by atoms with van der Waals surface area (Å²) < 4.78 is 7.27. The largest absolute Gasteiger partial charge is 0.494 e. The van der Waals surface area contributed by atoms with Gasteiger partial charge in [-0.05, 0) is 31.5 Å². The van der Waals surface area contributed by atoms with Gasteiger partial charge in [0.05, 0.1) is 12.8 Å². The summed E-state index contributed by atoms with van der Waals surface area (Å²) in [6, 6.07) is 17.9. The second-order valence-electron chi connectivity index (χ2n) is 5.33. The average molecular weight is 305 g/mol. The van der Waals surface area contributed by atoms with Crippen molar-refractivity contribution in [2.45, 2.75) is 13.8 Å². The van der Waals surface area contributed by atoms with E-state index in [4.69, 9.17) is 9.73 Å². The third kappa shape index (κ3) is 3.16. The van der Waals surface area contributed by atoms with Crippen molar-refractivity contribution in [2.24, 2.45) is 4.99 Å². The molecule has 0 amide bonds. The van der Waals surface area contributed by atoms with Crippen LogP contribution in [0.5, 0.6) is 5.75 Å². The summed E-state index contributed by atoms with van der Waals surface area (Å²) in [5.74, 6) is 1.52. The lowest BCUT2D eigenvalue weighted by atomic mass is 10.1. The summed E-state index contributed by atoms with van der Waals surface area (Å²) in [5.41, 5.74) is 3.83. The number of hydrogen-bond donors (Lipinski definition) is 0. The van der Waals surface area contributed by atoms with E-state index in [9.17, 15) is 0 Å². The first-order valence-electron chi connectivity index (χ1n) is 7.49. The summed E-state index contributed by atoms with van der Waals surface area (Å²) in [5, 5.41) is 4.51. The summed E-state index contributed by atoms with van der Waals surface area (Å²) in [7, 11) is 1.66. The first-order valence-corrected chi connectivity index (χ1v) is 7.49. The third-order valence-corrected chi connectivity index (χ3v) is 3.61. The summed E-state index contributed by atoms with van der Waals surface area (Å²) in [6.07, 6.45) is 1.92. The van der Waals surface area contributed by atoms with Gasteiger partial charge in [0.15, 0.2) is 5.84 Å². The van der Waals surface area contributed by atoms with E-state index in [1.165, 1.54) is 0 Å². The van der Waals surface area contributed by atoms with E-state index in [0.717, 1.165) is 34.1 Å². The quantitative estimate of drug-likeness (QED) is 0.539. The number of ether oxygens (including phenoxy) is 1. The van der Waals surface area contributed by atoms with Crippen molar-refractivity contribution in [3.63, 3.8) is 0 Å². The van der Waals surface area contributed by atoms with Crippen LogP contribution in [-0.4, -0.2) is 22.7 Å². The van der Waals surface area contributed by atoms with Crippen LogP contribution in [0.3, 0.4) is 0 Å². The Morgan fingerprint density at radius 2 is 1.78 bits per heavy atom. The van der Waals surface area contributed by atoms with Crippen LogP contribution in [0.25, 0.3) is 0 Å². The van der Waals surface area contributed by atoms with Gasteiger partial charge in [0.25, 0.3) is 0 Å². The zero-order chi connectivity index (χ0) is 16.2. The highest BCUT2D eigenvalue weighted by Crippen LogP contribution is 2.31. The molecule has 116 valence electrons. The van der Waals surface area contributed by atoms with E-state index >= 15 is 0 Å². The zero-order valence-electron chi connectivity index (χ0n) is 13.5. The summed E-state index contributed by atoms with van der Waals surface area (Å²) >= 11 is 0. The molecule has 0 bridgehead atoms. The van der Waals surface area contributed by atoms with Crippen LogP contribution in [0.4, 0.5) is 5.69 Å². The van der Waals surface area contributed by atoms with E-state index in [1.54, 1.807) is 11.8 Å². The molecule has 0 spiro atoms. The van der Waals surface area contributed by atoms with Gasteiger partial charge in [-0.15, -0.1) is 0 Å². The van der Waals surface area contributed by atoms with E-state index < -0.39 is 0 Å². The predicted molar refractivity (Wildman–Crippen MR) is 92.7 cm³/mol. The molecule has 23 heavy (non-hydrogen) atoms. The number of rotatable bonds is 3. The van der Waals surface area contributed by atoms with E-state index in [2.05, 4.69) is 5.10 Å². The van der Waals surface area contributed by atoms with Crippen molar-refractivity contribution in [1.29, 1.82) is 0 Å². The minimum Gasteiger partial charge on any atom is -0.494 e. The molecular formula is C19H19N3O. The predicted octanol–water partition coefficient (Wildman–Crippen LogP) is 4.14. The minimum absolute atomic E-state index is 0.752. The molecule has 1 heterocycles. The maximum atomic E-state index is 5.47. The van der Waals surface area contributed by atoms with Gasteiger partial charge in [0.1, 0.15) is 11.4 Å². The summed E-state index contributed by atoms with van der Waals surface area (Å²) in [6.45, 7) is 3.99. The fraction of sp³-hybridized carbons (Fsp3) is 0.158. The Kier molecular flexibility index (Phi) is 4.24. The lowest BCUT2D eigenvalue weighted by Crippen LogP contribution is -2.14. The van der Waals surface area contributed by atoms with Crippen LogP contribution in [0.1, 0.15) is 16.8 Å². The number of para-hydroxylation sites is 1. The van der Waals surface area contributed by atoms with Crippen molar-refractivity contribution < 1.29 is 4.74 Å². The number of hydrogen-bond acceptors (Lipinski definition) is 3. The minimum atomic E-state index is 0.752. The molecule has 0 saturated carbocycles. The first kappa shape index (κ1) is 15.0. The molecule has 3 rings (SSSR count). The molecule has 0 atom stereocenters. The Morgan fingerprint density at radius 1 is 1.00 bits per heavy atom. The van der Waals surface area contributed by atoms with Crippen LogP contribution in [0.2, 0.25) is 0 Å². The fourth-order valence-electron chi connectivity index (χ4n) is 2.41. The van der Waals surface area contributed by atoms with Gasteiger partial charge in [-0.25, -0.2) is 9.67 Å². The highest BCUT2D eigenvalue weighted by Gasteiger charge is 2.11. The van der Waals surface area contributed by atoms with Crippen molar-refractivity contribution in [1.82, 2.24) is 9.78 Å². The van der Waals surface area contributed by atoms with Gasteiger partial charge in [0, 0.05) is 11.8 Å². The molecule has 0 fully saturated rings. The Morgan fingerprint density at radius 3 is 2.43 bits per heavy atom. The monoisotopic (exact) mass is 305 g/mol. The van der Waals surface area contributed by atoms with Crippen molar-refractivity contribution in [3.05, 3.63) is 77.6 Å². The standard InChI is InChI=1S/C19H19N3O/c1-14-8-7-11-17(23-3)18(14)20-19(16-9-5-4-6-10-16)22-13-12-15(2)21-22/h4-13H,1-3H3. The van der Waals surface area contributed by atoms with Crippen LogP contribution >= 0.6 is 0 Å². The van der Waals surface area contributed by atoms with Crippen LogP contribution < -0.4 is 4.74 Å². The maximum Gasteiger partial charge on any atom is 0.161 e. The Bertz CT molecular complexity index is 835. The van der Waals surface area contributed by atoms with Crippen LogP contribution in [0.15, 0.2) is 65.8 Å². The average Bonchev–Trinajstić information content (AvgIpc) is 3.00. The Hall–Kier alpha value is -2.88. The first-order chi connectivity index (χ1) is 11.2. The number of benzene rings is 2. The molecule has 0 aliphatic carbocycles. The molecule has 0 radical (unpaired) electrons. The number of aliphatic imine (C=N–C) groups is 1. The van der Waals surface area contributed by atoms with Crippen LogP contribution in [0, 0.1) is 13.8 Å². The molecule has 0 N–H and O–H groups in total. The smallest absolute Gasteiger partial charge is 0.161 e. The Labute approximate surface area is 136 Å². The summed E-state index contributed by atoms with van der Waals surface area (Å²) in [4.78, 5) is 4.87. The van der Waals surface area contributed by atoms with Crippen molar-refractivity contribution >= 4 is 11.5 Å². The maximum absolute atomic E-state index is 5.47. The van der Waals surface area contributed by atoms with Gasteiger partial charge >= 0.3 is 0 Å².